The lowest BCUT2D eigenvalue weighted by Gasteiger charge is -2.39. The number of benzene rings is 5. The second-order valence-corrected chi connectivity index (χ2v) is 13.1. The van der Waals surface area contributed by atoms with Gasteiger partial charge in [-0.1, -0.05) is 137 Å². The number of allylic oxidation sites excluding steroid dienone is 5. The van der Waals surface area contributed by atoms with E-state index < -0.39 is 11.8 Å². The number of nitrogens with two attached hydrogens (primary N) is 1. The summed E-state index contributed by atoms with van der Waals surface area (Å²) >= 11 is 0. The topological polar surface area (TPSA) is 59.9 Å². The summed E-state index contributed by atoms with van der Waals surface area (Å²) in [6.45, 7) is 14.3. The maximum absolute atomic E-state index is 6.99. The Balaban J connectivity index is 0.00000245. The zero-order valence-electron chi connectivity index (χ0n) is 32.5. The largest absolute Gasteiger partial charge is 0.312 e. The molecule has 274 valence electrons. The van der Waals surface area contributed by atoms with Crippen molar-refractivity contribution in [2.75, 3.05) is 7.05 Å². The summed E-state index contributed by atoms with van der Waals surface area (Å²) in [7, 11) is 1.98. The van der Waals surface area contributed by atoms with Crippen LogP contribution in [0.2, 0.25) is 0 Å². The minimum absolute atomic E-state index is 0.452. The molecule has 0 saturated heterocycles. The van der Waals surface area contributed by atoms with Gasteiger partial charge in [0.05, 0.1) is 28.2 Å². The van der Waals surface area contributed by atoms with Crippen LogP contribution in [0.4, 0.5) is 0 Å². The molecule has 0 radical (unpaired) electrons. The van der Waals surface area contributed by atoms with Crippen molar-refractivity contribution in [2.45, 2.75) is 52.9 Å². The van der Waals surface area contributed by atoms with Gasteiger partial charge in [0.25, 0.3) is 0 Å². The average Bonchev–Trinajstić information content (AvgIpc) is 3.72. The Labute approximate surface area is 320 Å². The van der Waals surface area contributed by atoms with Crippen LogP contribution in [0.25, 0.3) is 55.0 Å². The lowest BCUT2D eigenvalue weighted by molar-refractivity contribution is 0.316. The second-order valence-electron chi connectivity index (χ2n) is 13.1. The summed E-state index contributed by atoms with van der Waals surface area (Å²) < 4.78 is 4.78. The number of likely N-dealkylation sites (N-methyl/N-ethyl adjacent to an activating group) is 1. The normalized spacial score (nSPS) is 14.3. The molecule has 5 nitrogen and oxygen atoms in total. The molecule has 2 unspecified atom stereocenters. The highest BCUT2D eigenvalue weighted by Gasteiger charge is 2.36. The Morgan fingerprint density at radius 2 is 1.28 bits per heavy atom. The van der Waals surface area contributed by atoms with E-state index in [9.17, 15) is 0 Å². The average molecular weight is 712 g/mol. The Hall–Kier alpha value is -5.72. The smallest absolute Gasteiger partial charge is 0.123 e. The third kappa shape index (κ3) is 6.78. The molecular formula is C49H53N5. The minimum Gasteiger partial charge on any atom is -0.312 e. The molecule has 0 fully saturated rings. The van der Waals surface area contributed by atoms with Gasteiger partial charge in [0.15, 0.2) is 0 Å². The molecule has 0 bridgehead atoms. The molecular weight excluding hydrogens is 659 g/mol. The van der Waals surface area contributed by atoms with E-state index in [1.807, 2.05) is 53.0 Å². The molecule has 0 saturated carbocycles. The molecule has 2 heterocycles. The van der Waals surface area contributed by atoms with Crippen molar-refractivity contribution < 1.29 is 0 Å². The lowest BCUT2D eigenvalue weighted by atomic mass is 9.88. The van der Waals surface area contributed by atoms with Gasteiger partial charge in [0.1, 0.15) is 5.66 Å². The molecule has 2 aromatic heterocycles. The zero-order chi connectivity index (χ0) is 38.2. The highest BCUT2D eigenvalue weighted by Crippen LogP contribution is 2.40. The van der Waals surface area contributed by atoms with Crippen molar-refractivity contribution in [3.63, 3.8) is 0 Å². The van der Waals surface area contributed by atoms with Crippen LogP contribution < -0.4 is 16.4 Å². The van der Waals surface area contributed by atoms with Crippen LogP contribution in [-0.4, -0.2) is 22.3 Å². The van der Waals surface area contributed by atoms with Gasteiger partial charge in [0.2, 0.25) is 0 Å². The highest BCUT2D eigenvalue weighted by molar-refractivity contribution is 6.19. The van der Waals surface area contributed by atoms with E-state index in [1.54, 1.807) is 0 Å². The summed E-state index contributed by atoms with van der Waals surface area (Å²) in [5.41, 5.74) is 16.0. The first kappa shape index (κ1) is 38.0. The number of rotatable bonds is 12. The standard InChI is InChI=1S/C47H47N5.C2H6/c1-6-18-33(19-7-2)46(48)50-47(49-5,34(20-8-3)21-9-4)35-22-17-25-37(30-35)52-43-29-16-14-27-39(43)41-31-40-38-26-13-15-28-42(38)51(44(40)32-45(41)52)36-23-11-10-12-24-36;1-2/h6,8-32,46,49-50H,3,7,48H2,1-2,4-5H3;1-2H3/b18-6-,21-9-,33-19+,34-20+;. The number of fused-ring (bicyclic) bond motifs is 6. The van der Waals surface area contributed by atoms with Gasteiger partial charge in [0, 0.05) is 32.9 Å². The number of aromatic nitrogens is 2. The summed E-state index contributed by atoms with van der Waals surface area (Å²) in [5, 5.41) is 12.4. The van der Waals surface area contributed by atoms with Crippen molar-refractivity contribution in [3.8, 4) is 11.4 Å². The number of nitrogens with zero attached hydrogens (tertiary/aromatic N) is 2. The van der Waals surface area contributed by atoms with E-state index >= 15 is 0 Å². The molecule has 4 N–H and O–H groups in total. The molecule has 0 amide bonds. The van der Waals surface area contributed by atoms with Gasteiger partial charge in [-0.25, -0.2) is 0 Å². The number of hydrogen-bond acceptors (Lipinski definition) is 3. The third-order valence-corrected chi connectivity index (χ3v) is 10.00. The van der Waals surface area contributed by atoms with E-state index in [4.69, 9.17) is 5.73 Å². The van der Waals surface area contributed by atoms with Crippen molar-refractivity contribution in [3.05, 3.63) is 181 Å². The van der Waals surface area contributed by atoms with Crippen LogP contribution in [0, 0.1) is 0 Å². The number of hydrogen-bond donors (Lipinski definition) is 3. The van der Waals surface area contributed by atoms with Crippen molar-refractivity contribution in [1.29, 1.82) is 0 Å². The monoisotopic (exact) mass is 711 g/mol. The number of nitrogens with one attached hydrogen (secondary N) is 2. The quantitative estimate of drug-likeness (QED) is 0.0873. The van der Waals surface area contributed by atoms with Crippen LogP contribution in [-0.2, 0) is 5.66 Å². The fourth-order valence-electron chi connectivity index (χ4n) is 7.79. The van der Waals surface area contributed by atoms with Crippen molar-refractivity contribution in [2.24, 2.45) is 5.73 Å². The molecule has 2 atom stereocenters. The molecule has 54 heavy (non-hydrogen) atoms. The maximum atomic E-state index is 6.99. The van der Waals surface area contributed by atoms with Gasteiger partial charge < -0.3 is 14.9 Å². The third-order valence-electron chi connectivity index (χ3n) is 10.00. The first-order valence-corrected chi connectivity index (χ1v) is 19.1. The van der Waals surface area contributed by atoms with E-state index in [0.717, 1.165) is 45.5 Å². The van der Waals surface area contributed by atoms with Crippen molar-refractivity contribution in [1.82, 2.24) is 19.8 Å². The van der Waals surface area contributed by atoms with Gasteiger partial charge in [-0.15, -0.1) is 0 Å². The van der Waals surface area contributed by atoms with Gasteiger partial charge in [-0.2, -0.15) is 0 Å². The Morgan fingerprint density at radius 1 is 0.704 bits per heavy atom. The Kier molecular flexibility index (Phi) is 11.9. The molecule has 7 aromatic rings. The van der Waals surface area contributed by atoms with Crippen molar-refractivity contribution >= 4 is 43.6 Å². The van der Waals surface area contributed by atoms with Crippen LogP contribution >= 0.6 is 0 Å². The van der Waals surface area contributed by atoms with Gasteiger partial charge in [-0.3, -0.25) is 10.6 Å². The molecule has 0 aliphatic heterocycles. The molecule has 5 heteroatoms. The number of para-hydroxylation sites is 3. The molecule has 7 rings (SSSR count). The molecule has 0 spiro atoms. The first-order chi connectivity index (χ1) is 26.5. The molecule has 0 aliphatic carbocycles. The Bertz CT molecular complexity index is 2520. The van der Waals surface area contributed by atoms with Crippen LogP contribution in [0.15, 0.2) is 176 Å². The highest BCUT2D eigenvalue weighted by atomic mass is 15.2. The van der Waals surface area contributed by atoms with Gasteiger partial charge >= 0.3 is 0 Å². The van der Waals surface area contributed by atoms with E-state index in [2.05, 4.69) is 173 Å². The maximum Gasteiger partial charge on any atom is 0.123 e. The lowest BCUT2D eigenvalue weighted by Crippen LogP contribution is -2.60. The van der Waals surface area contributed by atoms with Crippen LogP contribution in [0.1, 0.15) is 46.6 Å². The molecule has 0 aliphatic rings. The second kappa shape index (κ2) is 17.0. The van der Waals surface area contributed by atoms with Crippen LogP contribution in [0.5, 0.6) is 0 Å². The van der Waals surface area contributed by atoms with Gasteiger partial charge in [-0.05, 0) is 92.6 Å². The minimum atomic E-state index is -0.851. The summed E-state index contributed by atoms with van der Waals surface area (Å²) in [6, 6.07) is 41.6. The van der Waals surface area contributed by atoms with E-state index in [1.165, 1.54) is 32.6 Å². The fraction of sp³-hybridized carbons (Fsp3) is 0.184. The van der Waals surface area contributed by atoms with Crippen LogP contribution in [0.3, 0.4) is 0 Å². The predicted octanol–water partition coefficient (Wildman–Crippen LogP) is 11.8. The Morgan fingerprint density at radius 3 is 1.85 bits per heavy atom. The first-order valence-electron chi connectivity index (χ1n) is 19.1. The fourth-order valence-corrected chi connectivity index (χ4v) is 7.79. The SMILES string of the molecule is C=C/C=C(\C=C/C)C(NC)(NC(N)C(/C=C\C)=C/CC)c1cccc(-n2c3ccccc3c3cc4c5ccccc5n(-c5ccccc5)c4cc32)c1.CC. The summed E-state index contributed by atoms with van der Waals surface area (Å²) in [4.78, 5) is 0. The zero-order valence-corrected chi connectivity index (χ0v) is 32.5. The predicted molar refractivity (Wildman–Crippen MR) is 235 cm³/mol. The van der Waals surface area contributed by atoms with E-state index in [-0.39, 0.29) is 0 Å². The summed E-state index contributed by atoms with van der Waals surface area (Å²) in [6.07, 6.45) is 14.8. The summed E-state index contributed by atoms with van der Waals surface area (Å²) in [5.74, 6) is 0. The molecule has 5 aromatic carbocycles. The van der Waals surface area contributed by atoms with E-state index in [0.29, 0.717) is 0 Å².